The van der Waals surface area contributed by atoms with Crippen LogP contribution in [0, 0.1) is 0 Å². The lowest BCUT2D eigenvalue weighted by molar-refractivity contribution is -0.142. The second kappa shape index (κ2) is 5.35. The van der Waals surface area contributed by atoms with E-state index in [1.165, 1.54) is 6.92 Å². The highest BCUT2D eigenvalue weighted by atomic mass is 16.4. The average molecular weight is 305 g/mol. The number of hydrogen-bond acceptors (Lipinski definition) is 4. The van der Waals surface area contributed by atoms with Crippen molar-refractivity contribution in [3.63, 3.8) is 0 Å². The first-order chi connectivity index (χ1) is 10.2. The zero-order valence-corrected chi connectivity index (χ0v) is 11.7. The van der Waals surface area contributed by atoms with Crippen LogP contribution in [0.1, 0.15) is 12.5 Å². The fraction of sp³-hybridized carbons (Fsp3) is 0.231. The third-order valence-corrected chi connectivity index (χ3v) is 3.27. The zero-order chi connectivity index (χ0) is 16.5. The molecule has 0 aliphatic carbocycles. The van der Waals surface area contributed by atoms with Crippen LogP contribution >= 0.6 is 0 Å². The van der Waals surface area contributed by atoms with Crippen LogP contribution in [0.15, 0.2) is 29.3 Å². The molecule has 0 bridgehead atoms. The number of urea groups is 1. The summed E-state index contributed by atoms with van der Waals surface area (Å²) in [6.07, 6.45) is 0. The van der Waals surface area contributed by atoms with Gasteiger partial charge in [0.05, 0.1) is 5.69 Å². The Morgan fingerprint density at radius 3 is 2.41 bits per heavy atom. The molecule has 2 rings (SSSR count). The molecule has 1 aromatic carbocycles. The van der Waals surface area contributed by atoms with Gasteiger partial charge in [-0.25, -0.2) is 9.79 Å². The molecular formula is C13H15N5O4. The first kappa shape index (κ1) is 15.3. The summed E-state index contributed by atoms with van der Waals surface area (Å²) in [6.45, 7) is 0.816. The van der Waals surface area contributed by atoms with Crippen molar-refractivity contribution in [3.8, 4) is 0 Å². The molecule has 3 amide bonds. The van der Waals surface area contributed by atoms with Gasteiger partial charge in [-0.05, 0) is 24.6 Å². The number of nitrogens with one attached hydrogen (secondary N) is 1. The van der Waals surface area contributed by atoms with Gasteiger partial charge in [0.1, 0.15) is 12.1 Å². The summed E-state index contributed by atoms with van der Waals surface area (Å²) in [5.41, 5.74) is 10.2. The highest BCUT2D eigenvalue weighted by Crippen LogP contribution is 2.29. The Kier molecular flexibility index (Phi) is 3.72. The molecule has 9 heteroatoms. The number of nitrogens with zero attached hydrogens (tertiary/aromatic N) is 2. The van der Waals surface area contributed by atoms with Crippen molar-refractivity contribution in [3.05, 3.63) is 29.8 Å². The zero-order valence-electron chi connectivity index (χ0n) is 11.7. The number of guanidine groups is 1. The Morgan fingerprint density at radius 2 is 1.91 bits per heavy atom. The molecule has 1 fully saturated rings. The Bertz CT molecular complexity index is 666. The lowest BCUT2D eigenvalue weighted by Gasteiger charge is -2.22. The van der Waals surface area contributed by atoms with E-state index >= 15 is 0 Å². The predicted molar refractivity (Wildman–Crippen MR) is 77.1 cm³/mol. The van der Waals surface area contributed by atoms with Gasteiger partial charge in [-0.2, -0.15) is 0 Å². The number of benzene rings is 1. The largest absolute Gasteiger partial charge is 0.480 e. The minimum atomic E-state index is -1.33. The molecule has 0 radical (unpaired) electrons. The number of carboxylic acids is 1. The molecule has 1 atom stereocenters. The number of carbonyl (C=O) groups is 3. The smallest absolute Gasteiger partial charge is 0.325 e. The fourth-order valence-electron chi connectivity index (χ4n) is 2.19. The van der Waals surface area contributed by atoms with Gasteiger partial charge in [-0.15, -0.1) is 0 Å². The Balaban J connectivity index is 2.31. The molecule has 1 unspecified atom stereocenters. The topological polar surface area (TPSA) is 151 Å². The lowest BCUT2D eigenvalue weighted by Crippen LogP contribution is -2.41. The molecule has 116 valence electrons. The van der Waals surface area contributed by atoms with Crippen molar-refractivity contribution in [2.75, 3.05) is 6.54 Å². The first-order valence-electron chi connectivity index (χ1n) is 6.30. The SMILES string of the molecule is CC1(c2ccc(N=C(N)N)cc2)NC(=O)N(CC(=O)O)C1=O. The third-order valence-electron chi connectivity index (χ3n) is 3.27. The number of aliphatic imine (C=N–C) groups is 1. The van der Waals surface area contributed by atoms with Crippen LogP contribution in [0.25, 0.3) is 0 Å². The van der Waals surface area contributed by atoms with Gasteiger partial charge in [0, 0.05) is 0 Å². The molecule has 1 aliphatic rings. The molecule has 0 saturated carbocycles. The number of imide groups is 1. The Morgan fingerprint density at radius 1 is 1.32 bits per heavy atom. The van der Waals surface area contributed by atoms with Crippen LogP contribution in [0.5, 0.6) is 0 Å². The maximum Gasteiger partial charge on any atom is 0.325 e. The van der Waals surface area contributed by atoms with Crippen LogP contribution in [0.2, 0.25) is 0 Å². The molecule has 0 aromatic heterocycles. The van der Waals surface area contributed by atoms with Crippen LogP contribution in [-0.2, 0) is 15.1 Å². The van der Waals surface area contributed by atoms with Crippen LogP contribution < -0.4 is 16.8 Å². The molecule has 1 saturated heterocycles. The van der Waals surface area contributed by atoms with Crippen molar-refractivity contribution in [1.29, 1.82) is 0 Å². The normalized spacial score (nSPS) is 20.7. The Labute approximate surface area is 125 Å². The summed E-state index contributed by atoms with van der Waals surface area (Å²) in [6, 6.07) is 5.59. The van der Waals surface area contributed by atoms with Gasteiger partial charge in [0.2, 0.25) is 0 Å². The predicted octanol–water partition coefficient (Wildman–Crippen LogP) is -0.557. The number of carboxylic acid groups (broad SMARTS) is 1. The van der Waals surface area contributed by atoms with Gasteiger partial charge >= 0.3 is 12.0 Å². The first-order valence-corrected chi connectivity index (χ1v) is 6.30. The van der Waals surface area contributed by atoms with E-state index in [0.717, 1.165) is 0 Å². The second-order valence-electron chi connectivity index (χ2n) is 4.92. The van der Waals surface area contributed by atoms with Crippen molar-refractivity contribution >= 4 is 29.6 Å². The maximum atomic E-state index is 12.3. The van der Waals surface area contributed by atoms with E-state index in [4.69, 9.17) is 16.6 Å². The highest BCUT2D eigenvalue weighted by Gasteiger charge is 2.49. The summed E-state index contributed by atoms with van der Waals surface area (Å²) >= 11 is 0. The number of aliphatic carboxylic acids is 1. The highest BCUT2D eigenvalue weighted by molar-refractivity contribution is 6.08. The molecule has 1 aliphatic heterocycles. The number of carbonyl (C=O) groups excluding carboxylic acids is 2. The van der Waals surface area contributed by atoms with Gasteiger partial charge in [0.15, 0.2) is 5.96 Å². The summed E-state index contributed by atoms with van der Waals surface area (Å²) < 4.78 is 0. The standard InChI is InChI=1S/C13H15N5O4/c1-13(7-2-4-8(5-3-7)16-11(14)15)10(21)18(6-9(19)20)12(22)17-13/h2-5H,6H2,1H3,(H,17,22)(H,19,20)(H4,14,15,16). The molecule has 6 N–H and O–H groups in total. The fourth-order valence-corrected chi connectivity index (χ4v) is 2.19. The summed E-state index contributed by atoms with van der Waals surface area (Å²) in [5.74, 6) is -2.00. The summed E-state index contributed by atoms with van der Waals surface area (Å²) in [4.78, 5) is 39.4. The van der Waals surface area contributed by atoms with Crippen molar-refractivity contribution in [1.82, 2.24) is 10.2 Å². The quantitative estimate of drug-likeness (QED) is 0.332. The minimum absolute atomic E-state index is 0.100. The van der Waals surface area contributed by atoms with Gasteiger partial charge < -0.3 is 21.9 Å². The third kappa shape index (κ3) is 2.68. The molecular weight excluding hydrogens is 290 g/mol. The Hall–Kier alpha value is -3.10. The van der Waals surface area contributed by atoms with Crippen LogP contribution in [0.4, 0.5) is 10.5 Å². The van der Waals surface area contributed by atoms with E-state index in [0.29, 0.717) is 16.2 Å². The van der Waals surface area contributed by atoms with Gasteiger partial charge in [0.25, 0.3) is 5.91 Å². The molecule has 9 nitrogen and oxygen atoms in total. The van der Waals surface area contributed by atoms with Gasteiger partial charge in [-0.1, -0.05) is 12.1 Å². The molecule has 0 spiro atoms. The van der Waals surface area contributed by atoms with Crippen molar-refractivity contribution < 1.29 is 19.5 Å². The van der Waals surface area contributed by atoms with E-state index in [1.54, 1.807) is 24.3 Å². The summed E-state index contributed by atoms with van der Waals surface area (Å²) in [5, 5.41) is 11.3. The van der Waals surface area contributed by atoms with Crippen molar-refractivity contribution in [2.24, 2.45) is 16.5 Å². The van der Waals surface area contributed by atoms with E-state index in [1.807, 2.05) is 0 Å². The van der Waals surface area contributed by atoms with E-state index in [9.17, 15) is 14.4 Å². The van der Waals surface area contributed by atoms with Crippen molar-refractivity contribution in [2.45, 2.75) is 12.5 Å². The monoisotopic (exact) mass is 305 g/mol. The maximum absolute atomic E-state index is 12.3. The molecule has 1 heterocycles. The van der Waals surface area contributed by atoms with Gasteiger partial charge in [-0.3, -0.25) is 14.5 Å². The number of amides is 3. The second-order valence-corrected chi connectivity index (χ2v) is 4.92. The molecule has 22 heavy (non-hydrogen) atoms. The number of nitrogens with two attached hydrogens (primary N) is 2. The average Bonchev–Trinajstić information content (AvgIpc) is 2.63. The van der Waals surface area contributed by atoms with Crippen LogP contribution in [0.3, 0.4) is 0 Å². The minimum Gasteiger partial charge on any atom is -0.480 e. The lowest BCUT2D eigenvalue weighted by atomic mass is 9.92. The summed E-state index contributed by atoms with van der Waals surface area (Å²) in [7, 11) is 0. The van der Waals surface area contributed by atoms with E-state index in [2.05, 4.69) is 10.3 Å². The van der Waals surface area contributed by atoms with Crippen LogP contribution in [-0.4, -0.2) is 40.4 Å². The number of hydrogen-bond donors (Lipinski definition) is 4. The molecule has 1 aromatic rings. The number of rotatable bonds is 4. The van der Waals surface area contributed by atoms with E-state index in [-0.39, 0.29) is 5.96 Å². The van der Waals surface area contributed by atoms with E-state index < -0.39 is 30.0 Å².